The standard InChI is InChI=1S/C18H17N.2C2H6/c1-4-8-15-16(5-2)19(3)17-12-11-13-9-6-7-10-14(13)18(15)17;2*1-2/h4-12H,1H2,2-3H3;2*1-2H3/b15-8+,16-5+;;. The van der Waals surface area contributed by atoms with Gasteiger partial charge in [0.1, 0.15) is 0 Å². The molecule has 1 nitrogen and oxygen atoms in total. The Morgan fingerprint density at radius 1 is 0.957 bits per heavy atom. The Hall–Kier alpha value is -2.28. The van der Waals surface area contributed by atoms with Gasteiger partial charge in [0, 0.05) is 28.5 Å². The molecule has 0 atom stereocenters. The third kappa shape index (κ3) is 3.39. The van der Waals surface area contributed by atoms with Gasteiger partial charge in [-0.25, -0.2) is 0 Å². The average Bonchev–Trinajstić information content (AvgIpc) is 2.90. The summed E-state index contributed by atoms with van der Waals surface area (Å²) in [6, 6.07) is 12.9. The Morgan fingerprint density at radius 3 is 2.22 bits per heavy atom. The first-order valence-electron chi connectivity index (χ1n) is 8.53. The molecule has 0 aliphatic carbocycles. The predicted molar refractivity (Wildman–Crippen MR) is 107 cm³/mol. The summed E-state index contributed by atoms with van der Waals surface area (Å²) in [5.74, 6) is 0. The number of hydrogen-bond donors (Lipinski definition) is 0. The van der Waals surface area contributed by atoms with E-state index < -0.39 is 0 Å². The Bertz CT molecular complexity index is 895. The van der Waals surface area contributed by atoms with Gasteiger partial charge in [0.25, 0.3) is 0 Å². The maximum atomic E-state index is 3.85. The van der Waals surface area contributed by atoms with Gasteiger partial charge in [-0.2, -0.15) is 0 Å². The van der Waals surface area contributed by atoms with E-state index in [0.717, 1.165) is 0 Å². The highest BCUT2D eigenvalue weighted by molar-refractivity contribution is 6.07. The molecule has 23 heavy (non-hydrogen) atoms. The first-order chi connectivity index (χ1) is 11.3. The van der Waals surface area contributed by atoms with Crippen molar-refractivity contribution < 1.29 is 0 Å². The molecule has 1 heterocycles. The Kier molecular flexibility index (Phi) is 7.34. The van der Waals surface area contributed by atoms with Gasteiger partial charge in [0.2, 0.25) is 0 Å². The molecule has 0 aliphatic heterocycles. The van der Waals surface area contributed by atoms with E-state index in [-0.39, 0.29) is 0 Å². The molecule has 0 fully saturated rings. The van der Waals surface area contributed by atoms with Crippen molar-refractivity contribution in [3.8, 4) is 0 Å². The average molecular weight is 307 g/mol. The summed E-state index contributed by atoms with van der Waals surface area (Å²) < 4.78 is 2.25. The lowest BCUT2D eigenvalue weighted by Gasteiger charge is -2.01. The monoisotopic (exact) mass is 307 g/mol. The van der Waals surface area contributed by atoms with Crippen molar-refractivity contribution in [2.24, 2.45) is 7.05 Å². The van der Waals surface area contributed by atoms with Crippen LogP contribution in [0.4, 0.5) is 0 Å². The van der Waals surface area contributed by atoms with Gasteiger partial charge < -0.3 is 4.57 Å². The van der Waals surface area contributed by atoms with Gasteiger partial charge in [-0.1, -0.05) is 82.8 Å². The molecule has 0 saturated carbocycles. The van der Waals surface area contributed by atoms with Gasteiger partial charge >= 0.3 is 0 Å². The van der Waals surface area contributed by atoms with E-state index >= 15 is 0 Å². The van der Waals surface area contributed by atoms with Crippen LogP contribution in [0.5, 0.6) is 0 Å². The summed E-state index contributed by atoms with van der Waals surface area (Å²) in [6.45, 7) is 13.9. The van der Waals surface area contributed by atoms with Crippen molar-refractivity contribution in [2.45, 2.75) is 34.6 Å². The summed E-state index contributed by atoms with van der Waals surface area (Å²) in [5, 5.41) is 6.39. The highest BCUT2D eigenvalue weighted by Gasteiger charge is 2.07. The molecule has 0 radical (unpaired) electrons. The van der Waals surface area contributed by atoms with Crippen molar-refractivity contribution in [2.75, 3.05) is 0 Å². The molecular formula is C22H29N. The van der Waals surface area contributed by atoms with Crippen LogP contribution in [-0.2, 0) is 7.05 Å². The number of aromatic nitrogens is 1. The second kappa shape index (κ2) is 8.99. The number of fused-ring (bicyclic) bond motifs is 3. The van der Waals surface area contributed by atoms with Crippen LogP contribution < -0.4 is 10.6 Å². The van der Waals surface area contributed by atoms with E-state index in [0.29, 0.717) is 0 Å². The molecule has 0 saturated heterocycles. The molecule has 0 aliphatic rings. The van der Waals surface area contributed by atoms with Crippen molar-refractivity contribution >= 4 is 33.8 Å². The highest BCUT2D eigenvalue weighted by atomic mass is 14.9. The molecule has 2 aromatic carbocycles. The minimum absolute atomic E-state index is 1.24. The number of aryl methyl sites for hydroxylation is 1. The highest BCUT2D eigenvalue weighted by Crippen LogP contribution is 2.21. The molecule has 0 spiro atoms. The minimum Gasteiger partial charge on any atom is -0.344 e. The summed E-state index contributed by atoms with van der Waals surface area (Å²) in [5.41, 5.74) is 1.26. The Balaban J connectivity index is 0.000000615. The molecule has 1 heteroatoms. The lowest BCUT2D eigenvalue weighted by molar-refractivity contribution is 0.924. The molecule has 3 rings (SSSR count). The SMILES string of the molecule is C=C/C=c1\c(=C/C)n(C)c2ccc3ccccc3c12.CC.CC. The van der Waals surface area contributed by atoms with Gasteiger partial charge in [-0.3, -0.25) is 0 Å². The minimum atomic E-state index is 1.24. The topological polar surface area (TPSA) is 4.93 Å². The first-order valence-corrected chi connectivity index (χ1v) is 8.53. The number of rotatable bonds is 1. The molecule has 0 unspecified atom stereocenters. The van der Waals surface area contributed by atoms with E-state index in [4.69, 9.17) is 0 Å². The molecule has 1 aromatic heterocycles. The zero-order valence-corrected chi connectivity index (χ0v) is 15.4. The van der Waals surface area contributed by atoms with Crippen LogP contribution in [-0.4, -0.2) is 4.57 Å². The molecule has 122 valence electrons. The summed E-state index contributed by atoms with van der Waals surface area (Å²) in [7, 11) is 2.12. The maximum Gasteiger partial charge on any atom is 0.0495 e. The van der Waals surface area contributed by atoms with Crippen LogP contribution >= 0.6 is 0 Å². The zero-order chi connectivity index (χ0) is 17.4. The van der Waals surface area contributed by atoms with E-state index in [1.807, 2.05) is 33.8 Å². The van der Waals surface area contributed by atoms with Gasteiger partial charge in [-0.15, -0.1) is 0 Å². The largest absolute Gasteiger partial charge is 0.344 e. The number of benzene rings is 2. The lowest BCUT2D eigenvalue weighted by atomic mass is 10.1. The maximum absolute atomic E-state index is 3.85. The third-order valence-corrected chi connectivity index (χ3v) is 3.73. The van der Waals surface area contributed by atoms with Crippen molar-refractivity contribution in [3.05, 3.63) is 59.6 Å². The number of nitrogens with zero attached hydrogens (tertiary/aromatic N) is 1. The summed E-state index contributed by atoms with van der Waals surface area (Å²) in [4.78, 5) is 0. The molecule has 3 aromatic rings. The fraction of sp³-hybridized carbons (Fsp3) is 0.273. The molecule has 0 amide bonds. The van der Waals surface area contributed by atoms with E-state index in [1.165, 1.54) is 32.2 Å². The molecule has 0 N–H and O–H groups in total. The first kappa shape index (κ1) is 18.8. The van der Waals surface area contributed by atoms with Gasteiger partial charge in [0.05, 0.1) is 0 Å². The van der Waals surface area contributed by atoms with Crippen LogP contribution in [0.25, 0.3) is 33.8 Å². The van der Waals surface area contributed by atoms with Crippen LogP contribution in [0, 0.1) is 0 Å². The molecular weight excluding hydrogens is 278 g/mol. The Morgan fingerprint density at radius 2 is 1.61 bits per heavy atom. The quantitative estimate of drug-likeness (QED) is 0.586. The number of hydrogen-bond acceptors (Lipinski definition) is 0. The van der Waals surface area contributed by atoms with Gasteiger partial charge in [-0.05, 0) is 23.8 Å². The van der Waals surface area contributed by atoms with E-state index in [2.05, 4.69) is 73.7 Å². The number of allylic oxidation sites excluding steroid dienone is 1. The Labute approximate surface area is 140 Å². The van der Waals surface area contributed by atoms with Crippen LogP contribution in [0.1, 0.15) is 34.6 Å². The second-order valence-electron chi connectivity index (χ2n) is 4.73. The second-order valence-corrected chi connectivity index (χ2v) is 4.73. The van der Waals surface area contributed by atoms with E-state index in [9.17, 15) is 0 Å². The predicted octanol–water partition coefficient (Wildman–Crippen LogP) is 5.15. The van der Waals surface area contributed by atoms with E-state index in [1.54, 1.807) is 0 Å². The fourth-order valence-electron chi connectivity index (χ4n) is 2.90. The summed E-state index contributed by atoms with van der Waals surface area (Å²) in [6.07, 6.45) is 6.12. The van der Waals surface area contributed by atoms with Crippen molar-refractivity contribution in [1.82, 2.24) is 4.57 Å². The normalized spacial score (nSPS) is 11.7. The lowest BCUT2D eigenvalue weighted by Crippen LogP contribution is -2.27. The van der Waals surface area contributed by atoms with Crippen LogP contribution in [0.2, 0.25) is 0 Å². The third-order valence-electron chi connectivity index (χ3n) is 3.73. The fourth-order valence-corrected chi connectivity index (χ4v) is 2.90. The smallest absolute Gasteiger partial charge is 0.0495 e. The van der Waals surface area contributed by atoms with Crippen molar-refractivity contribution in [3.63, 3.8) is 0 Å². The zero-order valence-electron chi connectivity index (χ0n) is 15.4. The molecule has 0 bridgehead atoms. The van der Waals surface area contributed by atoms with Crippen molar-refractivity contribution in [1.29, 1.82) is 0 Å². The van der Waals surface area contributed by atoms with Crippen LogP contribution in [0.3, 0.4) is 0 Å². The van der Waals surface area contributed by atoms with Crippen LogP contribution in [0.15, 0.2) is 49.1 Å². The summed E-state index contributed by atoms with van der Waals surface area (Å²) >= 11 is 0. The van der Waals surface area contributed by atoms with Gasteiger partial charge in [0.15, 0.2) is 0 Å².